The van der Waals surface area contributed by atoms with Gasteiger partial charge in [0.2, 0.25) is 11.3 Å². The molecule has 1 aromatic carbocycles. The van der Waals surface area contributed by atoms with Gasteiger partial charge in [-0.15, -0.1) is 23.1 Å². The molecule has 0 spiro atoms. The first-order valence-corrected chi connectivity index (χ1v) is 10.2. The largest absolute Gasteiger partial charge is 0.491 e. The topological polar surface area (TPSA) is 73.2 Å². The number of methoxy groups -OCH3 is 1. The Kier molecular flexibility index (Phi) is 6.48. The van der Waals surface area contributed by atoms with Crippen molar-refractivity contribution in [1.29, 1.82) is 0 Å². The van der Waals surface area contributed by atoms with Gasteiger partial charge in [0.1, 0.15) is 12.4 Å². The van der Waals surface area contributed by atoms with E-state index in [0.717, 1.165) is 10.6 Å². The molecular formula is C19H18FN3O3S2. The van der Waals surface area contributed by atoms with Crippen molar-refractivity contribution in [3.05, 3.63) is 69.3 Å². The predicted octanol–water partition coefficient (Wildman–Crippen LogP) is 3.69. The summed E-state index contributed by atoms with van der Waals surface area (Å²) in [6.07, 6.45) is 1.52. The molecule has 1 N–H and O–H groups in total. The maximum Gasteiger partial charge on any atom is 0.246 e. The highest BCUT2D eigenvalue weighted by Crippen LogP contribution is 2.23. The molecule has 0 saturated carbocycles. The van der Waals surface area contributed by atoms with E-state index in [9.17, 15) is 14.0 Å². The first kappa shape index (κ1) is 20.1. The maximum absolute atomic E-state index is 13.1. The summed E-state index contributed by atoms with van der Waals surface area (Å²) in [7, 11) is 1.41. The summed E-state index contributed by atoms with van der Waals surface area (Å²) >= 11 is 2.79. The molecule has 3 rings (SSSR count). The first-order chi connectivity index (χ1) is 13.4. The molecule has 0 aliphatic carbocycles. The van der Waals surface area contributed by atoms with Crippen molar-refractivity contribution in [1.82, 2.24) is 9.55 Å². The van der Waals surface area contributed by atoms with Gasteiger partial charge in [-0.1, -0.05) is 0 Å². The van der Waals surface area contributed by atoms with E-state index >= 15 is 0 Å². The van der Waals surface area contributed by atoms with Crippen molar-refractivity contribution >= 4 is 34.1 Å². The van der Waals surface area contributed by atoms with Crippen molar-refractivity contribution in [2.24, 2.45) is 0 Å². The smallest absolute Gasteiger partial charge is 0.246 e. The molecule has 0 aliphatic heterocycles. The number of thiazole rings is 1. The highest BCUT2D eigenvalue weighted by atomic mass is 32.2. The molecule has 0 atom stereocenters. The molecule has 0 bridgehead atoms. The second-order valence-corrected chi connectivity index (χ2v) is 7.82. The molecule has 0 unspecified atom stereocenters. The third-order valence-electron chi connectivity index (χ3n) is 3.78. The van der Waals surface area contributed by atoms with Crippen LogP contribution in [0.15, 0.2) is 51.6 Å². The average Bonchev–Trinajstić information content (AvgIpc) is 3.07. The van der Waals surface area contributed by atoms with E-state index in [4.69, 9.17) is 4.74 Å². The maximum atomic E-state index is 13.1. The Morgan fingerprint density at radius 3 is 2.75 bits per heavy atom. The number of nitrogens with one attached hydrogen (secondary N) is 1. The lowest BCUT2D eigenvalue weighted by atomic mass is 10.3. The number of aromatic nitrogens is 2. The van der Waals surface area contributed by atoms with Gasteiger partial charge in [-0.05, 0) is 31.2 Å². The number of nitrogens with zero attached hydrogens (tertiary/aromatic N) is 2. The molecule has 2 heterocycles. The predicted molar refractivity (Wildman–Crippen MR) is 109 cm³/mol. The van der Waals surface area contributed by atoms with Crippen molar-refractivity contribution in [2.75, 3.05) is 12.4 Å². The highest BCUT2D eigenvalue weighted by molar-refractivity contribution is 7.98. The number of amides is 1. The van der Waals surface area contributed by atoms with Crippen molar-refractivity contribution in [3.8, 4) is 5.75 Å². The number of benzene rings is 1. The van der Waals surface area contributed by atoms with Crippen molar-refractivity contribution in [3.63, 3.8) is 0 Å². The minimum atomic E-state index is -0.306. The molecule has 1 amide bonds. The zero-order valence-corrected chi connectivity index (χ0v) is 16.9. The van der Waals surface area contributed by atoms with Crippen LogP contribution in [0.1, 0.15) is 11.4 Å². The fraction of sp³-hybridized carbons (Fsp3) is 0.211. The molecular weight excluding hydrogens is 401 g/mol. The number of anilines is 1. The zero-order chi connectivity index (χ0) is 20.1. The number of hydrogen-bond acceptors (Lipinski definition) is 6. The van der Waals surface area contributed by atoms with Crippen LogP contribution >= 0.6 is 23.1 Å². The third-order valence-corrected chi connectivity index (χ3v) is 5.70. The Hall–Kier alpha value is -2.65. The highest BCUT2D eigenvalue weighted by Gasteiger charge is 2.12. The van der Waals surface area contributed by atoms with Crippen LogP contribution in [-0.2, 0) is 17.1 Å². The van der Waals surface area contributed by atoms with E-state index in [0.29, 0.717) is 16.6 Å². The number of halogens is 1. The van der Waals surface area contributed by atoms with Crippen molar-refractivity contribution in [2.45, 2.75) is 24.1 Å². The Labute approximate surface area is 169 Å². The van der Waals surface area contributed by atoms with Crippen LogP contribution in [0.3, 0.4) is 0 Å². The number of hydrogen-bond donors (Lipinski definition) is 1. The molecule has 0 saturated heterocycles. The fourth-order valence-corrected chi connectivity index (χ4v) is 4.03. The Morgan fingerprint density at radius 1 is 1.36 bits per heavy atom. The summed E-state index contributed by atoms with van der Waals surface area (Å²) in [5.41, 5.74) is 1.23. The monoisotopic (exact) mass is 419 g/mol. The lowest BCUT2D eigenvalue weighted by Gasteiger charge is -2.14. The average molecular weight is 420 g/mol. The number of carbonyl (C=O) groups is 1. The van der Waals surface area contributed by atoms with Gasteiger partial charge < -0.3 is 14.6 Å². The van der Waals surface area contributed by atoms with Crippen LogP contribution in [-0.4, -0.2) is 22.6 Å². The summed E-state index contributed by atoms with van der Waals surface area (Å²) in [6.45, 7) is 1.86. The molecule has 2 aromatic heterocycles. The number of carbonyl (C=O) groups excluding carboxylic acids is 1. The Bertz CT molecular complexity index is 1030. The summed E-state index contributed by atoms with van der Waals surface area (Å²) in [5.74, 6) is 0.0374. The van der Waals surface area contributed by atoms with Gasteiger partial charge in [-0.2, -0.15) is 0 Å². The molecule has 146 valence electrons. The van der Waals surface area contributed by atoms with Crippen molar-refractivity contribution < 1.29 is 13.9 Å². The van der Waals surface area contributed by atoms with Crippen LogP contribution in [0.2, 0.25) is 0 Å². The molecule has 0 aliphatic rings. The van der Waals surface area contributed by atoms with Gasteiger partial charge >= 0.3 is 0 Å². The number of ether oxygens (including phenoxy) is 1. The summed E-state index contributed by atoms with van der Waals surface area (Å²) in [5, 5.41) is 5.13. The number of aryl methyl sites for hydroxylation is 1. The molecule has 9 heteroatoms. The van der Waals surface area contributed by atoms with Crippen LogP contribution in [0.4, 0.5) is 9.52 Å². The number of pyridine rings is 1. The van der Waals surface area contributed by atoms with E-state index in [2.05, 4.69) is 10.3 Å². The van der Waals surface area contributed by atoms with Crippen LogP contribution < -0.4 is 15.5 Å². The summed E-state index contributed by atoms with van der Waals surface area (Å²) < 4.78 is 19.8. The number of thioether (sulfide) groups is 1. The summed E-state index contributed by atoms with van der Waals surface area (Å²) in [4.78, 5) is 29.6. The van der Waals surface area contributed by atoms with Gasteiger partial charge in [0.15, 0.2) is 10.9 Å². The normalized spacial score (nSPS) is 10.7. The lowest BCUT2D eigenvalue weighted by molar-refractivity contribution is -0.116. The van der Waals surface area contributed by atoms with Gasteiger partial charge in [0, 0.05) is 27.8 Å². The standard InChI is InChI=1S/C19H18FN3O3S2/c1-12-10-28-19(21-12)22-18(25)9-23-8-17(26-2)16(24)7-14(23)11-27-15-5-3-13(20)4-6-15/h3-8,10H,9,11H2,1-2H3,(H,21,22,25). The van der Waals surface area contributed by atoms with E-state index in [1.807, 2.05) is 12.3 Å². The molecule has 28 heavy (non-hydrogen) atoms. The zero-order valence-electron chi connectivity index (χ0n) is 15.3. The van der Waals surface area contributed by atoms with E-state index in [1.54, 1.807) is 16.7 Å². The lowest BCUT2D eigenvalue weighted by Crippen LogP contribution is -2.22. The van der Waals surface area contributed by atoms with Gasteiger partial charge in [0.25, 0.3) is 0 Å². The summed E-state index contributed by atoms with van der Waals surface area (Å²) in [6, 6.07) is 7.56. The molecule has 0 radical (unpaired) electrons. The minimum absolute atomic E-state index is 0.00851. The van der Waals surface area contributed by atoms with Crippen LogP contribution in [0.25, 0.3) is 0 Å². The first-order valence-electron chi connectivity index (χ1n) is 8.32. The van der Waals surface area contributed by atoms with E-state index in [-0.39, 0.29) is 29.4 Å². The molecule has 0 fully saturated rings. The van der Waals surface area contributed by atoms with Gasteiger partial charge in [-0.3, -0.25) is 9.59 Å². The second kappa shape index (κ2) is 9.03. The molecule has 6 nitrogen and oxygen atoms in total. The number of rotatable bonds is 7. The Balaban J connectivity index is 1.78. The minimum Gasteiger partial charge on any atom is -0.491 e. The van der Waals surface area contributed by atoms with Gasteiger partial charge in [0.05, 0.1) is 19.0 Å². The van der Waals surface area contributed by atoms with Crippen LogP contribution in [0, 0.1) is 12.7 Å². The quantitative estimate of drug-likeness (QED) is 0.592. The Morgan fingerprint density at radius 2 is 2.11 bits per heavy atom. The third kappa shape index (κ3) is 5.20. The van der Waals surface area contributed by atoms with Crippen LogP contribution in [0.5, 0.6) is 5.75 Å². The van der Waals surface area contributed by atoms with Gasteiger partial charge in [-0.25, -0.2) is 9.37 Å². The van der Waals surface area contributed by atoms with E-state index in [1.165, 1.54) is 54.6 Å². The second-order valence-electron chi connectivity index (χ2n) is 5.91. The molecule has 3 aromatic rings. The SMILES string of the molecule is COc1cn(CC(=O)Nc2nc(C)cs2)c(CSc2ccc(F)cc2)cc1=O. The van der Waals surface area contributed by atoms with E-state index < -0.39 is 0 Å². The fourth-order valence-electron chi connectivity index (χ4n) is 2.43.